The van der Waals surface area contributed by atoms with Crippen molar-refractivity contribution in [1.29, 1.82) is 0 Å². The van der Waals surface area contributed by atoms with Gasteiger partial charge < -0.3 is 10.1 Å². The zero-order valence-electron chi connectivity index (χ0n) is 19.1. The van der Waals surface area contributed by atoms with E-state index in [1.54, 1.807) is 19.9 Å². The number of amides is 1. The maximum Gasteiger partial charge on any atom is 0.244 e. The molecule has 1 aromatic carbocycles. The number of ether oxygens (including phenoxy) is 1. The van der Waals surface area contributed by atoms with Gasteiger partial charge in [0.05, 0.1) is 6.61 Å². The molecule has 186 valence electrons. The average molecular weight is 500 g/mol. The van der Waals surface area contributed by atoms with E-state index in [0.29, 0.717) is 25.7 Å². The predicted octanol–water partition coefficient (Wildman–Crippen LogP) is 3.65. The molecule has 0 aliphatic carbocycles. The highest BCUT2D eigenvalue weighted by Crippen LogP contribution is 2.26. The number of nitrogens with one attached hydrogen (secondary N) is 1. The summed E-state index contributed by atoms with van der Waals surface area (Å²) in [6, 6.07) is 4.73. The third kappa shape index (κ3) is 6.06. The Morgan fingerprint density at radius 2 is 1.88 bits per heavy atom. The number of hydrogen-bond acceptors (Lipinski definition) is 5. The number of aromatic nitrogens is 1. The summed E-state index contributed by atoms with van der Waals surface area (Å²) in [4.78, 5) is 16.8. The predicted molar refractivity (Wildman–Crippen MR) is 119 cm³/mol. The zero-order valence-corrected chi connectivity index (χ0v) is 19.9. The summed E-state index contributed by atoms with van der Waals surface area (Å²) in [5.74, 6) is -4.82. The van der Waals surface area contributed by atoms with Crippen molar-refractivity contribution in [2.45, 2.75) is 50.5 Å². The van der Waals surface area contributed by atoms with Gasteiger partial charge in [-0.3, -0.25) is 9.78 Å². The molecule has 1 N–H and O–H groups in total. The molecule has 1 fully saturated rings. The average Bonchev–Trinajstić information content (AvgIpc) is 2.82. The van der Waals surface area contributed by atoms with Crippen LogP contribution in [0, 0.1) is 22.9 Å². The lowest BCUT2D eigenvalue weighted by Crippen LogP contribution is -2.49. The first-order chi connectivity index (χ1) is 16.0. The number of benzene rings is 1. The number of carbonyl (C=O) groups is 1. The van der Waals surface area contributed by atoms with Crippen molar-refractivity contribution in [1.82, 2.24) is 14.6 Å². The van der Waals surface area contributed by atoms with Gasteiger partial charge in [-0.2, -0.15) is 8.70 Å². The van der Waals surface area contributed by atoms with Crippen molar-refractivity contribution in [3.63, 3.8) is 0 Å². The van der Waals surface area contributed by atoms with Gasteiger partial charge in [0.15, 0.2) is 17.4 Å². The first kappa shape index (κ1) is 26.0. The van der Waals surface area contributed by atoms with Crippen LogP contribution in [0.2, 0.25) is 0 Å². The standard InChI is InChI=1S/C23H28F3N3O4S/c1-23(2,10-4-14-33-19-7-6-18(24)20(25)21(19)26)22(30)28-16-8-12-29(13-9-16)34(31,32)17-5-3-11-27-15-17/h3,5-7,11,15-16H,4,8-10,12-14H2,1-2H3,(H,28,30). The van der Waals surface area contributed by atoms with E-state index in [4.69, 9.17) is 4.74 Å². The highest BCUT2D eigenvalue weighted by molar-refractivity contribution is 7.89. The number of rotatable bonds is 9. The minimum absolute atomic E-state index is 0.0310. The molecule has 1 aliphatic rings. The Morgan fingerprint density at radius 1 is 1.18 bits per heavy atom. The third-order valence-electron chi connectivity index (χ3n) is 5.88. The van der Waals surface area contributed by atoms with Gasteiger partial charge in [-0.25, -0.2) is 17.2 Å². The lowest BCUT2D eigenvalue weighted by atomic mass is 9.86. The van der Waals surface area contributed by atoms with Crippen LogP contribution in [0.25, 0.3) is 0 Å². The Hall–Kier alpha value is -2.66. The van der Waals surface area contributed by atoms with Crippen molar-refractivity contribution in [2.24, 2.45) is 5.41 Å². The fourth-order valence-electron chi connectivity index (χ4n) is 3.70. The summed E-state index contributed by atoms with van der Waals surface area (Å²) < 4.78 is 71.9. The van der Waals surface area contributed by atoms with Crippen LogP contribution in [0.4, 0.5) is 13.2 Å². The number of nitrogens with zero attached hydrogens (tertiary/aromatic N) is 2. The van der Waals surface area contributed by atoms with Gasteiger partial charge in [0.2, 0.25) is 21.7 Å². The monoisotopic (exact) mass is 499 g/mol. The van der Waals surface area contributed by atoms with Crippen LogP contribution in [-0.4, -0.2) is 49.4 Å². The van der Waals surface area contributed by atoms with E-state index < -0.39 is 32.9 Å². The van der Waals surface area contributed by atoms with E-state index in [0.717, 1.165) is 12.1 Å². The Bertz CT molecular complexity index is 1110. The van der Waals surface area contributed by atoms with Gasteiger partial charge in [0, 0.05) is 36.9 Å². The molecule has 0 saturated carbocycles. The van der Waals surface area contributed by atoms with Crippen LogP contribution in [0.1, 0.15) is 39.5 Å². The van der Waals surface area contributed by atoms with Crippen molar-refractivity contribution >= 4 is 15.9 Å². The van der Waals surface area contributed by atoms with Gasteiger partial charge in [0.25, 0.3) is 0 Å². The Labute approximate surface area is 197 Å². The van der Waals surface area contributed by atoms with Crippen LogP contribution >= 0.6 is 0 Å². The molecule has 1 saturated heterocycles. The summed E-state index contributed by atoms with van der Waals surface area (Å²) in [7, 11) is -3.62. The Kier molecular flexibility index (Phi) is 8.19. The van der Waals surface area contributed by atoms with Crippen LogP contribution < -0.4 is 10.1 Å². The minimum atomic E-state index is -3.62. The number of carbonyl (C=O) groups excluding carboxylic acids is 1. The molecule has 3 rings (SSSR count). The number of pyridine rings is 1. The van der Waals surface area contributed by atoms with E-state index in [1.165, 1.54) is 22.8 Å². The molecule has 7 nitrogen and oxygen atoms in total. The molecule has 0 unspecified atom stereocenters. The topological polar surface area (TPSA) is 88.6 Å². The lowest BCUT2D eigenvalue weighted by molar-refractivity contribution is -0.130. The summed E-state index contributed by atoms with van der Waals surface area (Å²) >= 11 is 0. The number of sulfonamides is 1. The number of halogens is 3. The van der Waals surface area contributed by atoms with E-state index in [2.05, 4.69) is 10.3 Å². The normalized spacial score (nSPS) is 15.8. The second-order valence-corrected chi connectivity index (χ2v) is 10.8. The van der Waals surface area contributed by atoms with Crippen LogP contribution in [0.3, 0.4) is 0 Å². The Morgan fingerprint density at radius 3 is 2.53 bits per heavy atom. The van der Waals surface area contributed by atoms with E-state index in [1.807, 2.05) is 0 Å². The van der Waals surface area contributed by atoms with Gasteiger partial charge in [0.1, 0.15) is 4.90 Å². The second kappa shape index (κ2) is 10.7. The fourth-order valence-corrected chi connectivity index (χ4v) is 5.13. The summed E-state index contributed by atoms with van der Waals surface area (Å²) in [5, 5.41) is 2.99. The first-order valence-electron chi connectivity index (χ1n) is 11.0. The molecule has 2 aromatic rings. The van der Waals surface area contributed by atoms with E-state index in [9.17, 15) is 26.4 Å². The van der Waals surface area contributed by atoms with Crippen LogP contribution in [0.5, 0.6) is 5.75 Å². The smallest absolute Gasteiger partial charge is 0.244 e. The largest absolute Gasteiger partial charge is 0.490 e. The van der Waals surface area contributed by atoms with Crippen LogP contribution in [-0.2, 0) is 14.8 Å². The quantitative estimate of drug-likeness (QED) is 0.420. The van der Waals surface area contributed by atoms with Crippen molar-refractivity contribution in [3.8, 4) is 5.75 Å². The van der Waals surface area contributed by atoms with E-state index in [-0.39, 0.29) is 42.3 Å². The molecule has 0 radical (unpaired) electrons. The van der Waals surface area contributed by atoms with Gasteiger partial charge in [-0.15, -0.1) is 0 Å². The molecule has 0 atom stereocenters. The molecule has 0 bridgehead atoms. The molecule has 1 aromatic heterocycles. The van der Waals surface area contributed by atoms with E-state index >= 15 is 0 Å². The molecule has 1 amide bonds. The van der Waals surface area contributed by atoms with Crippen molar-refractivity contribution < 1.29 is 31.1 Å². The Balaban J connectivity index is 1.45. The number of piperidine rings is 1. The maximum atomic E-state index is 13.7. The zero-order chi connectivity index (χ0) is 24.9. The first-order valence-corrected chi connectivity index (χ1v) is 12.4. The third-order valence-corrected chi connectivity index (χ3v) is 7.76. The van der Waals surface area contributed by atoms with Crippen molar-refractivity contribution in [3.05, 3.63) is 54.1 Å². The van der Waals surface area contributed by atoms with Gasteiger partial charge in [-0.1, -0.05) is 13.8 Å². The number of hydrogen-bond donors (Lipinski definition) is 1. The molecular formula is C23H28F3N3O4S. The second-order valence-electron chi connectivity index (χ2n) is 8.85. The highest BCUT2D eigenvalue weighted by atomic mass is 32.2. The summed E-state index contributed by atoms with van der Waals surface area (Å²) in [6.07, 6.45) is 4.60. The lowest BCUT2D eigenvalue weighted by Gasteiger charge is -2.33. The SMILES string of the molecule is CC(C)(CCCOc1ccc(F)c(F)c1F)C(=O)NC1CCN(S(=O)(=O)c2cccnc2)CC1. The fraction of sp³-hybridized carbons (Fsp3) is 0.478. The summed E-state index contributed by atoms with van der Waals surface area (Å²) in [6.45, 7) is 4.14. The minimum Gasteiger partial charge on any atom is -0.490 e. The molecule has 34 heavy (non-hydrogen) atoms. The molecule has 2 heterocycles. The molecule has 0 spiro atoms. The van der Waals surface area contributed by atoms with Gasteiger partial charge in [-0.05, 0) is 49.9 Å². The van der Waals surface area contributed by atoms with Gasteiger partial charge >= 0.3 is 0 Å². The van der Waals surface area contributed by atoms with Crippen LogP contribution in [0.15, 0.2) is 41.6 Å². The molecule has 1 aliphatic heterocycles. The highest BCUT2D eigenvalue weighted by Gasteiger charge is 2.33. The molecule has 11 heteroatoms. The van der Waals surface area contributed by atoms with Crippen molar-refractivity contribution in [2.75, 3.05) is 19.7 Å². The maximum absolute atomic E-state index is 13.7. The molecular weight excluding hydrogens is 471 g/mol. The summed E-state index contributed by atoms with van der Waals surface area (Å²) in [5.41, 5.74) is -0.755.